The second-order valence-corrected chi connectivity index (χ2v) is 4.48. The molecule has 2 aromatic heterocycles. The molecule has 5 nitrogen and oxygen atoms in total. The zero-order valence-corrected chi connectivity index (χ0v) is 11.4. The number of carbonyl (C=O) groups is 1. The highest BCUT2D eigenvalue weighted by Crippen LogP contribution is 2.09. The van der Waals surface area contributed by atoms with Crippen LogP contribution in [0, 0.1) is 0 Å². The maximum Gasteiger partial charge on any atom is 0.234 e. The molecular formula is C15H18N4O. The van der Waals surface area contributed by atoms with Crippen molar-refractivity contribution in [1.29, 1.82) is 0 Å². The molecule has 0 spiro atoms. The molecule has 0 saturated carbocycles. The SMILES string of the molecule is C[C@@H](NCC(=O)NCc1ccccn1)c1ccncc1. The fourth-order valence-electron chi connectivity index (χ4n) is 1.77. The Labute approximate surface area is 118 Å². The highest BCUT2D eigenvalue weighted by molar-refractivity contribution is 5.77. The molecule has 0 aliphatic rings. The number of pyridine rings is 2. The third kappa shape index (κ3) is 4.44. The molecule has 0 saturated heterocycles. The zero-order valence-electron chi connectivity index (χ0n) is 11.4. The van der Waals surface area contributed by atoms with Gasteiger partial charge in [-0.1, -0.05) is 6.07 Å². The van der Waals surface area contributed by atoms with E-state index in [0.29, 0.717) is 6.54 Å². The van der Waals surface area contributed by atoms with Crippen LogP contribution in [0.1, 0.15) is 24.2 Å². The van der Waals surface area contributed by atoms with E-state index < -0.39 is 0 Å². The van der Waals surface area contributed by atoms with E-state index in [1.165, 1.54) is 0 Å². The molecule has 5 heteroatoms. The van der Waals surface area contributed by atoms with Gasteiger partial charge in [0, 0.05) is 24.6 Å². The molecular weight excluding hydrogens is 252 g/mol. The van der Waals surface area contributed by atoms with Crippen molar-refractivity contribution < 1.29 is 4.79 Å². The number of rotatable bonds is 6. The first-order valence-electron chi connectivity index (χ1n) is 6.55. The summed E-state index contributed by atoms with van der Waals surface area (Å²) >= 11 is 0. The molecule has 2 heterocycles. The van der Waals surface area contributed by atoms with E-state index in [0.717, 1.165) is 11.3 Å². The van der Waals surface area contributed by atoms with E-state index in [-0.39, 0.29) is 18.5 Å². The summed E-state index contributed by atoms with van der Waals surface area (Å²) < 4.78 is 0. The van der Waals surface area contributed by atoms with Gasteiger partial charge < -0.3 is 10.6 Å². The number of nitrogens with one attached hydrogen (secondary N) is 2. The van der Waals surface area contributed by atoms with E-state index in [1.807, 2.05) is 37.3 Å². The van der Waals surface area contributed by atoms with Crippen LogP contribution in [0.15, 0.2) is 48.9 Å². The van der Waals surface area contributed by atoms with Crippen molar-refractivity contribution in [3.05, 3.63) is 60.2 Å². The predicted octanol–water partition coefficient (Wildman–Crippen LogP) is 1.44. The molecule has 2 rings (SSSR count). The van der Waals surface area contributed by atoms with Crippen LogP contribution in [0.3, 0.4) is 0 Å². The van der Waals surface area contributed by atoms with Crippen LogP contribution in [-0.4, -0.2) is 22.4 Å². The minimum Gasteiger partial charge on any atom is -0.349 e. The molecule has 0 aliphatic carbocycles. The first-order valence-corrected chi connectivity index (χ1v) is 6.55. The van der Waals surface area contributed by atoms with Crippen molar-refractivity contribution in [1.82, 2.24) is 20.6 Å². The number of hydrogen-bond acceptors (Lipinski definition) is 4. The normalized spacial score (nSPS) is 11.8. The molecule has 0 aromatic carbocycles. The molecule has 1 amide bonds. The largest absolute Gasteiger partial charge is 0.349 e. The predicted molar refractivity (Wildman–Crippen MR) is 76.7 cm³/mol. The number of nitrogens with zero attached hydrogens (tertiary/aromatic N) is 2. The molecule has 0 radical (unpaired) electrons. The Kier molecular flexibility index (Phi) is 5.20. The summed E-state index contributed by atoms with van der Waals surface area (Å²) in [5.41, 5.74) is 1.96. The first kappa shape index (κ1) is 14.1. The van der Waals surface area contributed by atoms with Crippen LogP contribution < -0.4 is 10.6 Å². The Hall–Kier alpha value is -2.27. The van der Waals surface area contributed by atoms with Gasteiger partial charge in [0.05, 0.1) is 18.8 Å². The van der Waals surface area contributed by atoms with Gasteiger partial charge in [0.25, 0.3) is 0 Å². The van der Waals surface area contributed by atoms with Crippen LogP contribution in [-0.2, 0) is 11.3 Å². The number of hydrogen-bond donors (Lipinski definition) is 2. The van der Waals surface area contributed by atoms with Gasteiger partial charge in [-0.25, -0.2) is 0 Å². The standard InChI is InChI=1S/C15H18N4O/c1-12(13-5-8-16-9-6-13)18-11-15(20)19-10-14-4-2-3-7-17-14/h2-9,12,18H,10-11H2,1H3,(H,19,20)/t12-/m1/s1. The lowest BCUT2D eigenvalue weighted by Gasteiger charge is -2.13. The van der Waals surface area contributed by atoms with Gasteiger partial charge in [-0.2, -0.15) is 0 Å². The third-order valence-electron chi connectivity index (χ3n) is 2.97. The first-order chi connectivity index (χ1) is 9.75. The Morgan fingerprint density at radius 3 is 2.70 bits per heavy atom. The smallest absolute Gasteiger partial charge is 0.234 e. The van der Waals surface area contributed by atoms with Crippen LogP contribution in [0.5, 0.6) is 0 Å². The number of carbonyl (C=O) groups excluding carboxylic acids is 1. The van der Waals surface area contributed by atoms with Gasteiger partial charge in [-0.3, -0.25) is 14.8 Å². The topological polar surface area (TPSA) is 66.9 Å². The molecule has 0 bridgehead atoms. The summed E-state index contributed by atoms with van der Waals surface area (Å²) in [4.78, 5) is 19.9. The fourth-order valence-corrected chi connectivity index (χ4v) is 1.77. The second-order valence-electron chi connectivity index (χ2n) is 4.48. The Balaban J connectivity index is 1.73. The van der Waals surface area contributed by atoms with Crippen molar-refractivity contribution in [2.75, 3.05) is 6.54 Å². The Morgan fingerprint density at radius 2 is 2.00 bits per heavy atom. The van der Waals surface area contributed by atoms with Crippen molar-refractivity contribution in [3.63, 3.8) is 0 Å². The van der Waals surface area contributed by atoms with E-state index in [1.54, 1.807) is 18.6 Å². The Morgan fingerprint density at radius 1 is 1.20 bits per heavy atom. The van der Waals surface area contributed by atoms with Crippen molar-refractivity contribution in [3.8, 4) is 0 Å². The van der Waals surface area contributed by atoms with Gasteiger partial charge in [-0.15, -0.1) is 0 Å². The van der Waals surface area contributed by atoms with Gasteiger partial charge in [-0.05, 0) is 36.8 Å². The monoisotopic (exact) mass is 270 g/mol. The minimum absolute atomic E-state index is 0.0449. The van der Waals surface area contributed by atoms with Crippen molar-refractivity contribution in [2.45, 2.75) is 19.5 Å². The number of amides is 1. The van der Waals surface area contributed by atoms with Crippen LogP contribution in [0.2, 0.25) is 0 Å². The van der Waals surface area contributed by atoms with E-state index in [4.69, 9.17) is 0 Å². The molecule has 20 heavy (non-hydrogen) atoms. The minimum atomic E-state index is -0.0449. The molecule has 2 N–H and O–H groups in total. The van der Waals surface area contributed by atoms with E-state index in [2.05, 4.69) is 20.6 Å². The van der Waals surface area contributed by atoms with Crippen LogP contribution in [0.25, 0.3) is 0 Å². The molecule has 0 fully saturated rings. The van der Waals surface area contributed by atoms with Gasteiger partial charge in [0.2, 0.25) is 5.91 Å². The lowest BCUT2D eigenvalue weighted by atomic mass is 10.1. The maximum atomic E-state index is 11.7. The molecule has 1 atom stereocenters. The summed E-state index contributed by atoms with van der Waals surface area (Å²) in [7, 11) is 0. The second kappa shape index (κ2) is 7.35. The quantitative estimate of drug-likeness (QED) is 0.833. The summed E-state index contributed by atoms with van der Waals surface area (Å²) in [6, 6.07) is 9.61. The van der Waals surface area contributed by atoms with Gasteiger partial charge in [0.1, 0.15) is 0 Å². The lowest BCUT2D eigenvalue weighted by molar-refractivity contribution is -0.120. The summed E-state index contributed by atoms with van der Waals surface area (Å²) in [5.74, 6) is -0.0449. The fraction of sp³-hybridized carbons (Fsp3) is 0.267. The zero-order chi connectivity index (χ0) is 14.2. The third-order valence-corrected chi connectivity index (χ3v) is 2.97. The highest BCUT2D eigenvalue weighted by atomic mass is 16.1. The summed E-state index contributed by atoms with van der Waals surface area (Å²) in [6.45, 7) is 2.74. The van der Waals surface area contributed by atoms with Crippen molar-refractivity contribution in [2.24, 2.45) is 0 Å². The highest BCUT2D eigenvalue weighted by Gasteiger charge is 2.07. The molecule has 2 aromatic rings. The van der Waals surface area contributed by atoms with Crippen LogP contribution >= 0.6 is 0 Å². The van der Waals surface area contributed by atoms with Gasteiger partial charge >= 0.3 is 0 Å². The summed E-state index contributed by atoms with van der Waals surface area (Å²) in [6.07, 6.45) is 5.20. The van der Waals surface area contributed by atoms with Crippen molar-refractivity contribution >= 4 is 5.91 Å². The molecule has 0 unspecified atom stereocenters. The Bertz CT molecular complexity index is 530. The maximum absolute atomic E-state index is 11.7. The molecule has 0 aliphatic heterocycles. The van der Waals surface area contributed by atoms with E-state index >= 15 is 0 Å². The van der Waals surface area contributed by atoms with Crippen LogP contribution in [0.4, 0.5) is 0 Å². The van der Waals surface area contributed by atoms with E-state index in [9.17, 15) is 4.79 Å². The van der Waals surface area contributed by atoms with Gasteiger partial charge in [0.15, 0.2) is 0 Å². The average molecular weight is 270 g/mol. The summed E-state index contributed by atoms with van der Waals surface area (Å²) in [5, 5.41) is 6.00. The lowest BCUT2D eigenvalue weighted by Crippen LogP contribution is -2.34. The average Bonchev–Trinajstić information content (AvgIpc) is 2.52. The number of aromatic nitrogens is 2. The molecule has 104 valence electrons.